The summed E-state index contributed by atoms with van der Waals surface area (Å²) in [6, 6.07) is 10.9. The Morgan fingerprint density at radius 3 is 2.14 bits per heavy atom. The van der Waals surface area contributed by atoms with E-state index in [4.69, 9.17) is 0 Å². The Hall–Kier alpha value is -0.430. The van der Waals surface area contributed by atoms with Crippen molar-refractivity contribution in [1.29, 1.82) is 0 Å². The highest BCUT2D eigenvalue weighted by atomic mass is 32.2. The molecule has 124 valence electrons. The van der Waals surface area contributed by atoms with Gasteiger partial charge in [-0.3, -0.25) is 0 Å². The van der Waals surface area contributed by atoms with Gasteiger partial charge >= 0.3 is 0 Å². The zero-order valence-corrected chi connectivity index (χ0v) is 15.3. The van der Waals surface area contributed by atoms with E-state index in [1.54, 1.807) is 0 Å². The molecule has 1 aliphatic carbocycles. The third kappa shape index (κ3) is 7.22. The minimum absolute atomic E-state index is 1.01. The van der Waals surface area contributed by atoms with Crippen LogP contribution < -0.4 is 0 Å². The lowest BCUT2D eigenvalue weighted by molar-refractivity contribution is 0.254. The lowest BCUT2D eigenvalue weighted by atomic mass is 9.79. The summed E-state index contributed by atoms with van der Waals surface area (Å²) < 4.78 is 0. The van der Waals surface area contributed by atoms with Gasteiger partial charge in [0.15, 0.2) is 0 Å². The van der Waals surface area contributed by atoms with E-state index in [1.165, 1.54) is 81.3 Å². The SMILES string of the molecule is CCCCCCCC1CCC(CCSc2ccccc2)CC1. The summed E-state index contributed by atoms with van der Waals surface area (Å²) in [5.74, 6) is 3.36. The van der Waals surface area contributed by atoms with Crippen molar-refractivity contribution < 1.29 is 0 Å². The van der Waals surface area contributed by atoms with E-state index in [0.29, 0.717) is 0 Å². The number of hydrogen-bond acceptors (Lipinski definition) is 1. The van der Waals surface area contributed by atoms with Crippen LogP contribution >= 0.6 is 11.8 Å². The smallest absolute Gasteiger partial charge is 0.00719 e. The van der Waals surface area contributed by atoms with Crippen molar-refractivity contribution in [3.05, 3.63) is 30.3 Å². The van der Waals surface area contributed by atoms with E-state index in [9.17, 15) is 0 Å². The summed E-state index contributed by atoms with van der Waals surface area (Å²) in [6.45, 7) is 2.30. The molecule has 0 amide bonds. The van der Waals surface area contributed by atoms with Gasteiger partial charge in [-0.15, -0.1) is 11.8 Å². The van der Waals surface area contributed by atoms with Crippen molar-refractivity contribution in [2.45, 2.75) is 82.4 Å². The Balaban J connectivity index is 1.50. The fourth-order valence-corrected chi connectivity index (χ4v) is 4.74. The molecular formula is C21H34S. The van der Waals surface area contributed by atoms with Crippen LogP contribution in [0.25, 0.3) is 0 Å². The Morgan fingerprint density at radius 1 is 0.818 bits per heavy atom. The van der Waals surface area contributed by atoms with Gasteiger partial charge in [0.25, 0.3) is 0 Å². The molecule has 2 rings (SSSR count). The topological polar surface area (TPSA) is 0 Å². The lowest BCUT2D eigenvalue weighted by Crippen LogP contribution is -2.15. The van der Waals surface area contributed by atoms with Crippen LogP contribution in [0.15, 0.2) is 35.2 Å². The number of hydrogen-bond donors (Lipinski definition) is 0. The Kier molecular flexibility index (Phi) is 9.09. The summed E-state index contributed by atoms with van der Waals surface area (Å²) in [5.41, 5.74) is 0. The van der Waals surface area contributed by atoms with Gasteiger partial charge in [0, 0.05) is 4.90 Å². The van der Waals surface area contributed by atoms with Gasteiger partial charge in [0.1, 0.15) is 0 Å². The molecule has 1 fully saturated rings. The van der Waals surface area contributed by atoms with Crippen LogP contribution in [0, 0.1) is 11.8 Å². The molecule has 22 heavy (non-hydrogen) atoms. The highest BCUT2D eigenvalue weighted by Gasteiger charge is 2.20. The van der Waals surface area contributed by atoms with Gasteiger partial charge in [0.05, 0.1) is 0 Å². The van der Waals surface area contributed by atoms with E-state index >= 15 is 0 Å². The quantitative estimate of drug-likeness (QED) is 0.321. The second kappa shape index (κ2) is 11.2. The molecule has 0 bridgehead atoms. The van der Waals surface area contributed by atoms with Gasteiger partial charge in [-0.05, 0) is 36.1 Å². The maximum absolute atomic E-state index is 2.30. The van der Waals surface area contributed by atoms with E-state index in [2.05, 4.69) is 37.3 Å². The molecule has 0 N–H and O–H groups in total. The first-order valence-corrected chi connectivity index (χ1v) is 10.5. The van der Waals surface area contributed by atoms with Crippen molar-refractivity contribution in [3.8, 4) is 0 Å². The second-order valence-electron chi connectivity index (χ2n) is 7.04. The molecule has 1 aliphatic rings. The Morgan fingerprint density at radius 2 is 1.45 bits per heavy atom. The predicted octanol–water partition coefficient (Wildman–Crippen LogP) is 7.34. The van der Waals surface area contributed by atoms with Crippen LogP contribution in [0.5, 0.6) is 0 Å². The molecule has 0 spiro atoms. The van der Waals surface area contributed by atoms with E-state index in [-0.39, 0.29) is 0 Å². The van der Waals surface area contributed by atoms with Gasteiger partial charge < -0.3 is 0 Å². The van der Waals surface area contributed by atoms with Crippen LogP contribution in [0.1, 0.15) is 77.6 Å². The minimum Gasteiger partial charge on any atom is -0.126 e. The Labute approximate surface area is 142 Å². The summed E-state index contributed by atoms with van der Waals surface area (Å²) in [4.78, 5) is 1.43. The van der Waals surface area contributed by atoms with E-state index in [1.807, 2.05) is 11.8 Å². The second-order valence-corrected chi connectivity index (χ2v) is 8.21. The molecule has 0 nitrogen and oxygen atoms in total. The number of unbranched alkanes of at least 4 members (excludes halogenated alkanes) is 4. The predicted molar refractivity (Wildman–Crippen MR) is 101 cm³/mol. The zero-order chi connectivity index (χ0) is 15.5. The van der Waals surface area contributed by atoms with E-state index in [0.717, 1.165) is 11.8 Å². The maximum atomic E-state index is 2.30. The van der Waals surface area contributed by atoms with Crippen molar-refractivity contribution in [3.63, 3.8) is 0 Å². The van der Waals surface area contributed by atoms with Gasteiger partial charge in [-0.1, -0.05) is 89.3 Å². The fourth-order valence-electron chi connectivity index (χ4n) is 3.71. The first-order chi connectivity index (χ1) is 10.9. The van der Waals surface area contributed by atoms with Crippen LogP contribution in [-0.4, -0.2) is 5.75 Å². The molecule has 1 aromatic carbocycles. The molecule has 0 unspecified atom stereocenters. The average Bonchev–Trinajstić information content (AvgIpc) is 2.57. The summed E-state index contributed by atoms with van der Waals surface area (Å²) >= 11 is 2.04. The summed E-state index contributed by atoms with van der Waals surface area (Å²) in [6.07, 6.45) is 16.2. The van der Waals surface area contributed by atoms with Crippen molar-refractivity contribution in [2.75, 3.05) is 5.75 Å². The molecule has 0 saturated heterocycles. The third-order valence-corrected chi connectivity index (χ3v) is 6.27. The largest absolute Gasteiger partial charge is 0.126 e. The average molecular weight is 319 g/mol. The van der Waals surface area contributed by atoms with Crippen molar-refractivity contribution in [2.24, 2.45) is 11.8 Å². The number of benzene rings is 1. The highest BCUT2D eigenvalue weighted by Crippen LogP contribution is 2.34. The molecule has 1 aromatic rings. The molecule has 0 aromatic heterocycles. The van der Waals surface area contributed by atoms with Gasteiger partial charge in [-0.25, -0.2) is 0 Å². The molecule has 1 saturated carbocycles. The molecule has 0 aliphatic heterocycles. The standard InChI is InChI=1S/C21H34S/c1-2-3-4-5-7-10-19-13-15-20(16-14-19)17-18-22-21-11-8-6-9-12-21/h6,8-9,11-12,19-20H,2-5,7,10,13-18H2,1H3. The first kappa shape index (κ1) is 17.9. The van der Waals surface area contributed by atoms with Crippen LogP contribution in [0.2, 0.25) is 0 Å². The fraction of sp³-hybridized carbons (Fsp3) is 0.714. The number of rotatable bonds is 10. The van der Waals surface area contributed by atoms with Crippen molar-refractivity contribution in [1.82, 2.24) is 0 Å². The van der Waals surface area contributed by atoms with Crippen LogP contribution in [0.4, 0.5) is 0 Å². The normalized spacial score (nSPS) is 21.9. The Bertz CT molecular complexity index is 365. The van der Waals surface area contributed by atoms with Gasteiger partial charge in [-0.2, -0.15) is 0 Å². The summed E-state index contributed by atoms with van der Waals surface area (Å²) in [5, 5.41) is 0. The minimum atomic E-state index is 1.01. The molecule has 0 atom stereocenters. The third-order valence-electron chi connectivity index (χ3n) is 5.22. The first-order valence-electron chi connectivity index (χ1n) is 9.56. The number of thioether (sulfide) groups is 1. The van der Waals surface area contributed by atoms with E-state index < -0.39 is 0 Å². The van der Waals surface area contributed by atoms with Crippen LogP contribution in [0.3, 0.4) is 0 Å². The maximum Gasteiger partial charge on any atom is 0.00719 e. The monoisotopic (exact) mass is 318 g/mol. The van der Waals surface area contributed by atoms with Gasteiger partial charge in [0.2, 0.25) is 0 Å². The van der Waals surface area contributed by atoms with Crippen LogP contribution in [-0.2, 0) is 0 Å². The lowest BCUT2D eigenvalue weighted by Gasteiger charge is -2.28. The zero-order valence-electron chi connectivity index (χ0n) is 14.4. The van der Waals surface area contributed by atoms with Crippen molar-refractivity contribution >= 4 is 11.8 Å². The summed E-state index contributed by atoms with van der Waals surface area (Å²) in [7, 11) is 0. The molecular weight excluding hydrogens is 284 g/mol. The molecule has 0 heterocycles. The highest BCUT2D eigenvalue weighted by molar-refractivity contribution is 7.99. The molecule has 1 heteroatoms. The molecule has 0 radical (unpaired) electrons.